The van der Waals surface area contributed by atoms with Crippen LogP contribution in [0.1, 0.15) is 28.6 Å². The summed E-state index contributed by atoms with van der Waals surface area (Å²) in [7, 11) is 0. The summed E-state index contributed by atoms with van der Waals surface area (Å²) in [5.74, 6) is 1.23. The van der Waals surface area contributed by atoms with E-state index in [1.54, 1.807) is 12.1 Å². The lowest BCUT2D eigenvalue weighted by molar-refractivity contribution is 0.102. The van der Waals surface area contributed by atoms with E-state index in [1.807, 2.05) is 12.1 Å². The van der Waals surface area contributed by atoms with Gasteiger partial charge in [0, 0.05) is 12.1 Å². The predicted octanol–water partition coefficient (Wildman–Crippen LogP) is 5.35. The van der Waals surface area contributed by atoms with Gasteiger partial charge in [-0.2, -0.15) is 0 Å². The molecule has 3 aromatic rings. The van der Waals surface area contributed by atoms with Crippen molar-refractivity contribution in [3.05, 3.63) is 51.2 Å². The second kappa shape index (κ2) is 8.17. The van der Waals surface area contributed by atoms with Crippen molar-refractivity contribution in [3.63, 3.8) is 0 Å². The molecule has 0 saturated heterocycles. The van der Waals surface area contributed by atoms with Gasteiger partial charge in [-0.1, -0.05) is 54.0 Å². The van der Waals surface area contributed by atoms with Gasteiger partial charge in [0.15, 0.2) is 16.8 Å². The van der Waals surface area contributed by atoms with E-state index < -0.39 is 0 Å². The summed E-state index contributed by atoms with van der Waals surface area (Å²) in [5.41, 5.74) is 2.23. The van der Waals surface area contributed by atoms with Crippen molar-refractivity contribution in [2.24, 2.45) is 0 Å². The average Bonchev–Trinajstić information content (AvgIpc) is 3.20. The standard InChI is InChI=1S/C18H18ClN3OS2/c1-3-9-22-17(13-6-4-5-12(2)10-13)20-21-18(22)24-11-14(23)15-7-8-16(19)25-15/h4-8,10H,3,9,11H2,1-2H3. The molecule has 0 fully saturated rings. The number of halogens is 1. The summed E-state index contributed by atoms with van der Waals surface area (Å²) >= 11 is 8.64. The van der Waals surface area contributed by atoms with Gasteiger partial charge < -0.3 is 4.57 Å². The van der Waals surface area contributed by atoms with Crippen molar-refractivity contribution in [2.75, 3.05) is 5.75 Å². The number of benzene rings is 1. The topological polar surface area (TPSA) is 47.8 Å². The Morgan fingerprint density at radius 1 is 1.28 bits per heavy atom. The molecule has 4 nitrogen and oxygen atoms in total. The number of thioether (sulfide) groups is 1. The number of ketones is 1. The highest BCUT2D eigenvalue weighted by Gasteiger charge is 2.16. The summed E-state index contributed by atoms with van der Waals surface area (Å²) in [6, 6.07) is 11.7. The van der Waals surface area contributed by atoms with Gasteiger partial charge in [0.25, 0.3) is 0 Å². The van der Waals surface area contributed by atoms with Crippen LogP contribution in [-0.4, -0.2) is 26.3 Å². The van der Waals surface area contributed by atoms with Crippen LogP contribution in [-0.2, 0) is 6.54 Å². The molecule has 0 saturated carbocycles. The number of nitrogens with zero attached hydrogens (tertiary/aromatic N) is 3. The molecule has 0 amide bonds. The normalized spacial score (nSPS) is 11.0. The smallest absolute Gasteiger partial charge is 0.191 e. The second-order valence-corrected chi connectivity index (χ2v) is 8.30. The molecule has 3 rings (SSSR count). The maximum Gasteiger partial charge on any atom is 0.191 e. The third kappa shape index (κ3) is 4.32. The minimum atomic E-state index is 0.0602. The Morgan fingerprint density at radius 2 is 2.12 bits per heavy atom. The summed E-state index contributed by atoms with van der Waals surface area (Å²) < 4.78 is 2.72. The first-order valence-corrected chi connectivity index (χ1v) is 10.2. The van der Waals surface area contributed by atoms with Gasteiger partial charge in [-0.3, -0.25) is 4.79 Å². The molecule has 7 heteroatoms. The highest BCUT2D eigenvalue weighted by Crippen LogP contribution is 2.27. The Kier molecular flexibility index (Phi) is 5.93. The molecule has 0 bridgehead atoms. The number of thiophene rings is 1. The number of aryl methyl sites for hydroxylation is 1. The number of Topliss-reactive ketones (excluding diaryl/α,β-unsaturated/α-hetero) is 1. The Balaban J connectivity index is 1.81. The number of carbonyl (C=O) groups excluding carboxylic acids is 1. The first kappa shape index (κ1) is 18.2. The van der Waals surface area contributed by atoms with Crippen LogP contribution in [0.15, 0.2) is 41.6 Å². The lowest BCUT2D eigenvalue weighted by atomic mass is 10.1. The van der Waals surface area contributed by atoms with Crippen LogP contribution in [0.4, 0.5) is 0 Å². The van der Waals surface area contributed by atoms with E-state index in [9.17, 15) is 4.79 Å². The largest absolute Gasteiger partial charge is 0.302 e. The quantitative estimate of drug-likeness (QED) is 0.402. The lowest BCUT2D eigenvalue weighted by Gasteiger charge is -2.09. The first-order valence-electron chi connectivity index (χ1n) is 8.00. The van der Waals surface area contributed by atoms with Crippen LogP contribution < -0.4 is 0 Å². The third-order valence-electron chi connectivity index (χ3n) is 3.62. The van der Waals surface area contributed by atoms with Crippen LogP contribution >= 0.6 is 34.7 Å². The fourth-order valence-electron chi connectivity index (χ4n) is 2.48. The van der Waals surface area contributed by atoms with Gasteiger partial charge in [-0.15, -0.1) is 21.5 Å². The molecule has 0 aliphatic rings. The van der Waals surface area contributed by atoms with Crippen LogP contribution in [0.2, 0.25) is 4.34 Å². The van der Waals surface area contributed by atoms with Crippen molar-refractivity contribution < 1.29 is 4.79 Å². The van der Waals surface area contributed by atoms with Gasteiger partial charge >= 0.3 is 0 Å². The fraction of sp³-hybridized carbons (Fsp3) is 0.278. The highest BCUT2D eigenvalue weighted by atomic mass is 35.5. The van der Waals surface area contributed by atoms with Crippen molar-refractivity contribution in [2.45, 2.75) is 32.0 Å². The molecular formula is C18H18ClN3OS2. The van der Waals surface area contributed by atoms with Gasteiger partial charge in [0.2, 0.25) is 0 Å². The Hall–Kier alpha value is -1.63. The minimum absolute atomic E-state index is 0.0602. The van der Waals surface area contributed by atoms with Crippen LogP contribution in [0.5, 0.6) is 0 Å². The van der Waals surface area contributed by atoms with Crippen LogP contribution in [0.25, 0.3) is 11.4 Å². The number of hydrogen-bond donors (Lipinski definition) is 0. The SMILES string of the molecule is CCCn1c(SCC(=O)c2ccc(Cl)s2)nnc1-c1cccc(C)c1. The van der Waals surface area contributed by atoms with Crippen LogP contribution in [0.3, 0.4) is 0 Å². The average molecular weight is 392 g/mol. The van der Waals surface area contributed by atoms with E-state index in [0.717, 1.165) is 29.5 Å². The van der Waals surface area contributed by atoms with E-state index in [4.69, 9.17) is 11.6 Å². The molecule has 25 heavy (non-hydrogen) atoms. The Morgan fingerprint density at radius 3 is 2.80 bits per heavy atom. The van der Waals surface area contributed by atoms with E-state index in [1.165, 1.54) is 28.7 Å². The molecule has 0 N–H and O–H groups in total. The van der Waals surface area contributed by atoms with Crippen molar-refractivity contribution in [1.82, 2.24) is 14.8 Å². The van der Waals surface area contributed by atoms with Gasteiger partial charge in [-0.05, 0) is 31.5 Å². The number of carbonyl (C=O) groups is 1. The summed E-state index contributed by atoms with van der Waals surface area (Å²) in [6.45, 7) is 5.00. The molecule has 0 atom stereocenters. The number of hydrogen-bond acceptors (Lipinski definition) is 5. The summed E-state index contributed by atoms with van der Waals surface area (Å²) in [5, 5.41) is 9.45. The lowest BCUT2D eigenvalue weighted by Crippen LogP contribution is -2.05. The number of rotatable bonds is 7. The molecule has 0 unspecified atom stereocenters. The van der Waals surface area contributed by atoms with E-state index in [2.05, 4.69) is 40.7 Å². The molecule has 2 aromatic heterocycles. The Bertz CT molecular complexity index is 888. The number of aromatic nitrogens is 3. The van der Waals surface area contributed by atoms with Gasteiger partial charge in [0.1, 0.15) is 0 Å². The molecule has 2 heterocycles. The zero-order valence-corrected chi connectivity index (χ0v) is 16.4. The molecule has 130 valence electrons. The Labute approximate surface area is 160 Å². The van der Waals surface area contributed by atoms with E-state index >= 15 is 0 Å². The molecular weight excluding hydrogens is 374 g/mol. The molecule has 1 aromatic carbocycles. The summed E-state index contributed by atoms with van der Waals surface area (Å²) in [6.07, 6.45) is 0.971. The maximum absolute atomic E-state index is 12.3. The van der Waals surface area contributed by atoms with Crippen molar-refractivity contribution in [1.29, 1.82) is 0 Å². The fourth-order valence-corrected chi connectivity index (χ4v) is 4.40. The molecule has 0 aliphatic carbocycles. The van der Waals surface area contributed by atoms with Gasteiger partial charge in [-0.25, -0.2) is 0 Å². The zero-order valence-electron chi connectivity index (χ0n) is 14.0. The van der Waals surface area contributed by atoms with Crippen molar-refractivity contribution in [3.8, 4) is 11.4 Å². The highest BCUT2D eigenvalue weighted by molar-refractivity contribution is 7.99. The van der Waals surface area contributed by atoms with E-state index in [0.29, 0.717) is 15.0 Å². The van der Waals surface area contributed by atoms with E-state index in [-0.39, 0.29) is 5.78 Å². The van der Waals surface area contributed by atoms with Crippen LogP contribution in [0, 0.1) is 6.92 Å². The molecule has 0 aliphatic heterocycles. The monoisotopic (exact) mass is 391 g/mol. The summed E-state index contributed by atoms with van der Waals surface area (Å²) in [4.78, 5) is 13.0. The first-order chi connectivity index (χ1) is 12.1. The minimum Gasteiger partial charge on any atom is -0.302 e. The molecule has 0 spiro atoms. The predicted molar refractivity (Wildman–Crippen MR) is 105 cm³/mol. The van der Waals surface area contributed by atoms with Crippen molar-refractivity contribution >= 4 is 40.5 Å². The third-order valence-corrected chi connectivity index (χ3v) is 5.86. The zero-order chi connectivity index (χ0) is 17.8. The second-order valence-electron chi connectivity index (χ2n) is 5.64. The maximum atomic E-state index is 12.3. The van der Waals surface area contributed by atoms with Gasteiger partial charge in [0.05, 0.1) is 15.0 Å². The molecule has 0 radical (unpaired) electrons.